The first-order valence-electron chi connectivity index (χ1n) is 4.80. The van der Waals surface area contributed by atoms with Crippen LogP contribution in [0.5, 0.6) is 0 Å². The lowest BCUT2D eigenvalue weighted by Crippen LogP contribution is -2.20. The molecule has 0 aliphatic carbocycles. The fourth-order valence-corrected chi connectivity index (χ4v) is 1.49. The van der Waals surface area contributed by atoms with Crippen LogP contribution in [0.1, 0.15) is 16.5 Å². The number of alkyl halides is 4. The largest absolute Gasteiger partial charge is 0.463 e. The SMILES string of the molecule is COC(=O)C(=O)[C@H](Cl)c1cc(F)cc(C(F)(F)F)c1. The van der Waals surface area contributed by atoms with Crippen molar-refractivity contribution in [2.45, 2.75) is 11.6 Å². The molecule has 0 aliphatic rings. The molecule has 1 aromatic carbocycles. The van der Waals surface area contributed by atoms with Gasteiger partial charge >= 0.3 is 12.1 Å². The van der Waals surface area contributed by atoms with Crippen LogP contribution in [-0.2, 0) is 20.5 Å². The molecule has 0 bridgehead atoms. The van der Waals surface area contributed by atoms with Gasteiger partial charge in [-0.3, -0.25) is 4.79 Å². The molecule has 0 amide bonds. The molecule has 0 spiro atoms. The number of rotatable bonds is 3. The summed E-state index contributed by atoms with van der Waals surface area (Å²) >= 11 is 5.54. The van der Waals surface area contributed by atoms with Gasteiger partial charge in [0.2, 0.25) is 0 Å². The van der Waals surface area contributed by atoms with Gasteiger partial charge in [0.15, 0.2) is 0 Å². The molecule has 1 atom stereocenters. The summed E-state index contributed by atoms with van der Waals surface area (Å²) in [6.45, 7) is 0. The van der Waals surface area contributed by atoms with Gasteiger partial charge in [0.05, 0.1) is 12.7 Å². The molecule has 8 heteroatoms. The fourth-order valence-electron chi connectivity index (χ4n) is 1.28. The minimum absolute atomic E-state index is 0.260. The normalized spacial score (nSPS) is 12.9. The van der Waals surface area contributed by atoms with Crippen LogP contribution in [0, 0.1) is 5.82 Å². The number of Topliss-reactive ketones (excluding diaryl/α,β-unsaturated/α-hetero) is 1. The quantitative estimate of drug-likeness (QED) is 0.373. The number of carbonyl (C=O) groups excluding carboxylic acids is 2. The van der Waals surface area contributed by atoms with Gasteiger partial charge in [0.1, 0.15) is 11.2 Å². The summed E-state index contributed by atoms with van der Waals surface area (Å²) in [6, 6.07) is 1.41. The van der Waals surface area contributed by atoms with E-state index in [1.807, 2.05) is 0 Å². The van der Waals surface area contributed by atoms with Crippen molar-refractivity contribution in [3.63, 3.8) is 0 Å². The van der Waals surface area contributed by atoms with Crippen LogP contribution in [-0.4, -0.2) is 18.9 Å². The number of benzene rings is 1. The molecule has 0 fully saturated rings. The number of ether oxygens (including phenoxy) is 1. The third-order valence-electron chi connectivity index (χ3n) is 2.16. The van der Waals surface area contributed by atoms with Crippen molar-refractivity contribution < 1.29 is 31.9 Å². The highest BCUT2D eigenvalue weighted by Gasteiger charge is 2.33. The van der Waals surface area contributed by atoms with E-state index in [-0.39, 0.29) is 6.07 Å². The number of carbonyl (C=O) groups is 2. The van der Waals surface area contributed by atoms with Crippen molar-refractivity contribution in [1.82, 2.24) is 0 Å². The van der Waals surface area contributed by atoms with Gasteiger partial charge in [0, 0.05) is 0 Å². The number of ketones is 1. The van der Waals surface area contributed by atoms with Gasteiger partial charge in [-0.2, -0.15) is 13.2 Å². The van der Waals surface area contributed by atoms with Gasteiger partial charge in [0.25, 0.3) is 5.78 Å². The Morgan fingerprint density at radius 1 is 1.26 bits per heavy atom. The van der Waals surface area contributed by atoms with E-state index >= 15 is 0 Å². The number of hydrogen-bond acceptors (Lipinski definition) is 3. The maximum Gasteiger partial charge on any atom is 0.416 e. The Morgan fingerprint density at radius 2 is 1.84 bits per heavy atom. The first kappa shape index (κ1) is 15.4. The minimum Gasteiger partial charge on any atom is -0.463 e. The molecule has 0 unspecified atom stereocenters. The summed E-state index contributed by atoms with van der Waals surface area (Å²) in [5.41, 5.74) is -1.77. The first-order chi connectivity index (χ1) is 8.66. The molecular formula is C11H7ClF4O3. The van der Waals surface area contributed by atoms with E-state index in [9.17, 15) is 27.2 Å². The highest BCUT2D eigenvalue weighted by Crippen LogP contribution is 2.33. The second-order valence-electron chi connectivity index (χ2n) is 3.49. The molecule has 0 radical (unpaired) electrons. The Balaban J connectivity index is 3.18. The summed E-state index contributed by atoms with van der Waals surface area (Å²) in [7, 11) is 0.913. The van der Waals surface area contributed by atoms with E-state index in [0.29, 0.717) is 12.1 Å². The summed E-state index contributed by atoms with van der Waals surface area (Å²) in [6.07, 6.45) is -4.79. The highest BCUT2D eigenvalue weighted by atomic mass is 35.5. The molecule has 0 N–H and O–H groups in total. The molecule has 0 saturated heterocycles. The van der Waals surface area contributed by atoms with E-state index in [1.165, 1.54) is 0 Å². The van der Waals surface area contributed by atoms with Crippen LogP contribution in [0.15, 0.2) is 18.2 Å². The second kappa shape index (κ2) is 5.56. The zero-order chi connectivity index (χ0) is 14.8. The Bertz CT molecular complexity index is 513. The van der Waals surface area contributed by atoms with Crippen molar-refractivity contribution in [3.05, 3.63) is 35.1 Å². The second-order valence-corrected chi connectivity index (χ2v) is 3.93. The fraction of sp³-hybridized carbons (Fsp3) is 0.273. The van der Waals surface area contributed by atoms with Crippen molar-refractivity contribution >= 4 is 23.4 Å². The standard InChI is InChI=1S/C11H7ClF4O3/c1-19-10(18)9(17)8(12)5-2-6(11(14,15)16)4-7(13)3-5/h2-4,8H,1H3/t8-/m1/s1. The van der Waals surface area contributed by atoms with E-state index in [2.05, 4.69) is 4.74 Å². The van der Waals surface area contributed by atoms with Gasteiger partial charge in [-0.1, -0.05) is 0 Å². The Labute approximate surface area is 110 Å². The van der Waals surface area contributed by atoms with Crippen LogP contribution in [0.3, 0.4) is 0 Å². The number of esters is 1. The number of halogens is 5. The third-order valence-corrected chi connectivity index (χ3v) is 2.61. The molecule has 0 aromatic heterocycles. The average Bonchev–Trinajstić information content (AvgIpc) is 2.34. The highest BCUT2D eigenvalue weighted by molar-refractivity contribution is 6.47. The molecule has 1 aromatic rings. The maximum atomic E-state index is 13.1. The molecule has 1 rings (SSSR count). The number of hydrogen-bond donors (Lipinski definition) is 0. The van der Waals surface area contributed by atoms with E-state index in [0.717, 1.165) is 7.11 Å². The molecule has 0 aliphatic heterocycles. The summed E-state index contributed by atoms with van der Waals surface area (Å²) in [4.78, 5) is 22.3. The predicted octanol–water partition coefficient (Wildman–Crippen LogP) is 2.87. The average molecular weight is 299 g/mol. The van der Waals surface area contributed by atoms with Crippen molar-refractivity contribution in [3.8, 4) is 0 Å². The van der Waals surface area contributed by atoms with E-state index < -0.39 is 40.3 Å². The monoisotopic (exact) mass is 298 g/mol. The van der Waals surface area contributed by atoms with Crippen molar-refractivity contribution in [2.24, 2.45) is 0 Å². The van der Waals surface area contributed by atoms with Gasteiger partial charge < -0.3 is 4.74 Å². The molecule has 0 heterocycles. The van der Waals surface area contributed by atoms with Crippen LogP contribution in [0.25, 0.3) is 0 Å². The lowest BCUT2D eigenvalue weighted by molar-refractivity contribution is -0.151. The Morgan fingerprint density at radius 3 is 2.32 bits per heavy atom. The third kappa shape index (κ3) is 3.66. The minimum atomic E-state index is -4.79. The Kier molecular flexibility index (Phi) is 4.52. The predicted molar refractivity (Wildman–Crippen MR) is 57.0 cm³/mol. The Hall–Kier alpha value is -1.63. The van der Waals surface area contributed by atoms with Gasteiger partial charge in [-0.05, 0) is 23.8 Å². The molecular weight excluding hydrogens is 292 g/mol. The lowest BCUT2D eigenvalue weighted by Gasteiger charge is -2.12. The molecule has 104 valence electrons. The van der Waals surface area contributed by atoms with Gasteiger partial charge in [-0.15, -0.1) is 11.6 Å². The summed E-state index contributed by atoms with van der Waals surface area (Å²) in [5.74, 6) is -3.81. The van der Waals surface area contributed by atoms with E-state index in [1.54, 1.807) is 0 Å². The zero-order valence-corrected chi connectivity index (χ0v) is 10.2. The zero-order valence-electron chi connectivity index (χ0n) is 9.42. The van der Waals surface area contributed by atoms with Crippen LogP contribution in [0.2, 0.25) is 0 Å². The molecule has 0 saturated carbocycles. The molecule has 3 nitrogen and oxygen atoms in total. The van der Waals surface area contributed by atoms with Gasteiger partial charge in [-0.25, -0.2) is 9.18 Å². The van der Waals surface area contributed by atoms with Crippen molar-refractivity contribution in [2.75, 3.05) is 7.11 Å². The molecule has 19 heavy (non-hydrogen) atoms. The smallest absolute Gasteiger partial charge is 0.416 e. The lowest BCUT2D eigenvalue weighted by atomic mass is 10.0. The maximum absolute atomic E-state index is 13.1. The number of methoxy groups -OCH3 is 1. The van der Waals surface area contributed by atoms with Crippen LogP contribution in [0.4, 0.5) is 17.6 Å². The summed E-state index contributed by atoms with van der Waals surface area (Å²) in [5, 5.41) is -1.75. The first-order valence-corrected chi connectivity index (χ1v) is 5.24. The van der Waals surface area contributed by atoms with E-state index in [4.69, 9.17) is 11.6 Å². The topological polar surface area (TPSA) is 43.4 Å². The van der Waals surface area contributed by atoms with Crippen molar-refractivity contribution in [1.29, 1.82) is 0 Å². The van der Waals surface area contributed by atoms with Crippen LogP contribution < -0.4 is 0 Å². The van der Waals surface area contributed by atoms with Crippen LogP contribution >= 0.6 is 11.6 Å². The summed E-state index contributed by atoms with van der Waals surface area (Å²) < 4.78 is 54.5.